The van der Waals surface area contributed by atoms with E-state index in [2.05, 4.69) is 15.3 Å². The zero-order valence-corrected chi connectivity index (χ0v) is 22.0. The van der Waals surface area contributed by atoms with Crippen LogP contribution in [0, 0.1) is 23.5 Å². The van der Waals surface area contributed by atoms with Crippen molar-refractivity contribution in [3.8, 4) is 5.75 Å². The third kappa shape index (κ3) is 4.96. The summed E-state index contributed by atoms with van der Waals surface area (Å²) in [7, 11) is 0. The molecule has 2 unspecified atom stereocenters. The number of pyridine rings is 1. The first kappa shape index (κ1) is 26.1. The van der Waals surface area contributed by atoms with Gasteiger partial charge in [0.15, 0.2) is 5.96 Å². The monoisotopic (exact) mass is 525 g/mol. The van der Waals surface area contributed by atoms with Crippen molar-refractivity contribution in [3.05, 3.63) is 59.4 Å². The lowest BCUT2D eigenvalue weighted by atomic mass is 9.89. The quantitative estimate of drug-likeness (QED) is 0.588. The molecule has 3 aliphatic rings. The van der Waals surface area contributed by atoms with E-state index in [1.165, 1.54) is 29.3 Å². The van der Waals surface area contributed by atoms with Crippen LogP contribution >= 0.6 is 0 Å². The number of nitrogens with one attached hydrogen (secondary N) is 1. The van der Waals surface area contributed by atoms with Crippen molar-refractivity contribution in [2.24, 2.45) is 22.6 Å². The fourth-order valence-corrected chi connectivity index (χ4v) is 5.69. The van der Waals surface area contributed by atoms with Gasteiger partial charge >= 0.3 is 0 Å². The van der Waals surface area contributed by atoms with Gasteiger partial charge in [0.05, 0.1) is 30.2 Å². The molecule has 2 amide bonds. The van der Waals surface area contributed by atoms with Crippen molar-refractivity contribution in [3.63, 3.8) is 0 Å². The van der Waals surface area contributed by atoms with Gasteiger partial charge in [-0.05, 0) is 69.4 Å². The van der Waals surface area contributed by atoms with E-state index in [-0.39, 0.29) is 30.1 Å². The van der Waals surface area contributed by atoms with Crippen molar-refractivity contribution in [2.45, 2.75) is 76.6 Å². The van der Waals surface area contributed by atoms with Crippen LogP contribution in [0.5, 0.6) is 5.75 Å². The Bertz CT molecular complexity index is 1320. The Kier molecular flexibility index (Phi) is 6.39. The number of aromatic nitrogens is 1. The molecule has 0 saturated heterocycles. The lowest BCUT2D eigenvalue weighted by Gasteiger charge is -2.39. The van der Waals surface area contributed by atoms with Crippen LogP contribution in [-0.2, 0) is 9.59 Å². The Balaban J connectivity index is 1.42. The van der Waals surface area contributed by atoms with E-state index >= 15 is 0 Å². The summed E-state index contributed by atoms with van der Waals surface area (Å²) in [6.45, 7) is 7.65. The highest BCUT2D eigenvalue weighted by Crippen LogP contribution is 2.52. The molecule has 3 heterocycles. The summed E-state index contributed by atoms with van der Waals surface area (Å²) in [6, 6.07) is 4.47. The number of amides is 2. The van der Waals surface area contributed by atoms with Crippen LogP contribution in [0.3, 0.4) is 0 Å². The highest BCUT2D eigenvalue weighted by atomic mass is 19.1. The van der Waals surface area contributed by atoms with Gasteiger partial charge in [-0.25, -0.2) is 13.8 Å². The first-order valence-corrected chi connectivity index (χ1v) is 13.0. The first-order valence-electron chi connectivity index (χ1n) is 13.0. The van der Waals surface area contributed by atoms with Crippen molar-refractivity contribution in [1.82, 2.24) is 15.2 Å². The van der Waals surface area contributed by atoms with Crippen LogP contribution < -0.4 is 15.8 Å². The number of halogens is 2. The van der Waals surface area contributed by atoms with Crippen LogP contribution in [0.4, 0.5) is 8.78 Å². The van der Waals surface area contributed by atoms with E-state index in [0.717, 1.165) is 6.20 Å². The van der Waals surface area contributed by atoms with Gasteiger partial charge in [0.25, 0.3) is 0 Å². The Morgan fingerprint density at radius 1 is 1.24 bits per heavy atom. The average molecular weight is 526 g/mol. The summed E-state index contributed by atoms with van der Waals surface area (Å²) in [6.07, 6.45) is 4.31. The maximum absolute atomic E-state index is 14.2. The zero-order chi connectivity index (χ0) is 27.4. The second kappa shape index (κ2) is 9.32. The van der Waals surface area contributed by atoms with E-state index in [1.54, 1.807) is 6.07 Å². The molecule has 1 aliphatic carbocycles. The van der Waals surface area contributed by atoms with E-state index < -0.39 is 40.8 Å². The molecule has 38 heavy (non-hydrogen) atoms. The molecule has 1 aromatic carbocycles. The van der Waals surface area contributed by atoms with E-state index in [4.69, 9.17) is 10.5 Å². The number of guanidine groups is 1. The largest absolute Gasteiger partial charge is 0.487 e. The summed E-state index contributed by atoms with van der Waals surface area (Å²) >= 11 is 0. The van der Waals surface area contributed by atoms with Crippen LogP contribution in [-0.4, -0.2) is 38.8 Å². The molecule has 5 atom stereocenters. The molecule has 10 heteroatoms. The van der Waals surface area contributed by atoms with Gasteiger partial charge in [-0.2, -0.15) is 0 Å². The fraction of sp³-hybridized carbons (Fsp3) is 0.500. The molecule has 2 aliphatic heterocycles. The Labute approximate surface area is 220 Å². The number of hydrogen-bond donors (Lipinski definition) is 2. The van der Waals surface area contributed by atoms with Crippen LogP contribution in [0.15, 0.2) is 41.7 Å². The molecule has 1 saturated carbocycles. The summed E-state index contributed by atoms with van der Waals surface area (Å²) in [5, 5.41) is 3.07. The van der Waals surface area contributed by atoms with E-state index in [9.17, 15) is 18.4 Å². The molecule has 0 bridgehead atoms. The predicted molar refractivity (Wildman–Crippen MR) is 137 cm³/mol. The SMILES string of the molecule is CC[C@@]1(C)CC(=O)N(C(c2cncc(F)c2)C2C[C@H]2C(=O)N[C@H]2CC(C)(C)Oc3ccc(F)cc32)C(N)=N1. The Morgan fingerprint density at radius 3 is 2.68 bits per heavy atom. The number of carbonyl (C=O) groups excluding carboxylic acids is 2. The van der Waals surface area contributed by atoms with Crippen LogP contribution in [0.2, 0.25) is 0 Å². The molecule has 202 valence electrons. The maximum atomic E-state index is 14.2. The lowest BCUT2D eigenvalue weighted by Crippen LogP contribution is -2.52. The maximum Gasteiger partial charge on any atom is 0.232 e. The third-order valence-electron chi connectivity index (χ3n) is 7.87. The minimum Gasteiger partial charge on any atom is -0.487 e. The van der Waals surface area contributed by atoms with Crippen molar-refractivity contribution < 1.29 is 23.1 Å². The molecular weight excluding hydrogens is 492 g/mol. The van der Waals surface area contributed by atoms with Crippen molar-refractivity contribution >= 4 is 17.8 Å². The standard InChI is InChI=1S/C28H33F2N5O3/c1-5-28(4)12-23(36)35(26(31)34-28)24(15-8-17(30)14-32-13-15)18-10-19(18)25(37)33-21-11-27(2,3)38-22-7-6-16(29)9-20(21)22/h6-9,13-14,18-19,21,24H,5,10-12H2,1-4H3,(H2,31,34)(H,33,37)/t18?,19-,21+,24?,28+/m1/s1. The normalized spacial score (nSPS) is 28.6. The van der Waals surface area contributed by atoms with Gasteiger partial charge in [-0.3, -0.25) is 19.5 Å². The van der Waals surface area contributed by atoms with Gasteiger partial charge in [-0.1, -0.05) is 6.92 Å². The number of rotatable bonds is 6. The van der Waals surface area contributed by atoms with Gasteiger partial charge in [0.2, 0.25) is 11.8 Å². The van der Waals surface area contributed by atoms with Gasteiger partial charge in [0, 0.05) is 24.1 Å². The summed E-state index contributed by atoms with van der Waals surface area (Å²) in [4.78, 5) is 36.8. The number of nitrogens with two attached hydrogens (primary N) is 1. The molecule has 5 rings (SSSR count). The lowest BCUT2D eigenvalue weighted by molar-refractivity contribution is -0.132. The fourth-order valence-electron chi connectivity index (χ4n) is 5.69. The number of carbonyl (C=O) groups is 2. The second-order valence-corrected chi connectivity index (χ2v) is 11.5. The Morgan fingerprint density at radius 2 is 2.00 bits per heavy atom. The number of benzene rings is 1. The smallest absolute Gasteiger partial charge is 0.232 e. The summed E-state index contributed by atoms with van der Waals surface area (Å²) in [5.74, 6) is -1.58. The van der Waals surface area contributed by atoms with Gasteiger partial charge in [0.1, 0.15) is 23.0 Å². The number of hydrogen-bond acceptors (Lipinski definition) is 6. The van der Waals surface area contributed by atoms with Crippen molar-refractivity contribution in [2.75, 3.05) is 0 Å². The number of fused-ring (bicyclic) bond motifs is 1. The van der Waals surface area contributed by atoms with E-state index in [0.29, 0.717) is 36.1 Å². The minimum absolute atomic E-state index is 0.0569. The van der Waals surface area contributed by atoms with E-state index in [1.807, 2.05) is 27.7 Å². The number of ether oxygens (including phenoxy) is 1. The van der Waals surface area contributed by atoms with Crippen molar-refractivity contribution in [1.29, 1.82) is 0 Å². The number of aliphatic imine (C=N–C) groups is 1. The highest BCUT2D eigenvalue weighted by Gasteiger charge is 2.53. The zero-order valence-electron chi connectivity index (χ0n) is 22.0. The second-order valence-electron chi connectivity index (χ2n) is 11.5. The minimum atomic E-state index is -0.692. The topological polar surface area (TPSA) is 110 Å². The molecule has 1 aromatic heterocycles. The first-order chi connectivity index (χ1) is 17.9. The van der Waals surface area contributed by atoms with Crippen LogP contribution in [0.25, 0.3) is 0 Å². The molecule has 2 aromatic rings. The number of nitrogens with zero attached hydrogens (tertiary/aromatic N) is 3. The predicted octanol–water partition coefficient (Wildman–Crippen LogP) is 4.17. The molecule has 8 nitrogen and oxygen atoms in total. The molecule has 1 fully saturated rings. The molecule has 0 radical (unpaired) electrons. The summed E-state index contributed by atoms with van der Waals surface area (Å²) in [5.41, 5.74) is 6.20. The average Bonchev–Trinajstić information content (AvgIpc) is 3.62. The Hall–Kier alpha value is -3.56. The molecular formula is C28H33F2N5O3. The van der Waals surface area contributed by atoms with Gasteiger partial charge < -0.3 is 15.8 Å². The third-order valence-corrected chi connectivity index (χ3v) is 7.87. The molecule has 0 spiro atoms. The summed E-state index contributed by atoms with van der Waals surface area (Å²) < 4.78 is 34.3. The molecule has 3 N–H and O–H groups in total. The van der Waals surface area contributed by atoms with Gasteiger partial charge in [-0.15, -0.1) is 0 Å². The van der Waals surface area contributed by atoms with Crippen LogP contribution in [0.1, 0.15) is 76.6 Å². The highest BCUT2D eigenvalue weighted by molar-refractivity contribution is 5.99.